The van der Waals surface area contributed by atoms with Gasteiger partial charge in [-0.25, -0.2) is 0 Å². The van der Waals surface area contributed by atoms with Crippen LogP contribution in [0.25, 0.3) is 0 Å². The third-order valence-corrected chi connectivity index (χ3v) is 4.29. The molecular formula is C23H31NO3. The maximum absolute atomic E-state index is 12.4. The fourth-order valence-corrected chi connectivity index (χ4v) is 2.84. The molecule has 1 atom stereocenters. The zero-order chi connectivity index (χ0) is 19.9. The van der Waals surface area contributed by atoms with Crippen molar-refractivity contribution < 1.29 is 14.3 Å². The van der Waals surface area contributed by atoms with E-state index in [0.29, 0.717) is 25.3 Å². The van der Waals surface area contributed by atoms with Crippen LogP contribution in [0.1, 0.15) is 45.2 Å². The van der Waals surface area contributed by atoms with Gasteiger partial charge < -0.3 is 14.8 Å². The lowest BCUT2D eigenvalue weighted by atomic mass is 9.86. The summed E-state index contributed by atoms with van der Waals surface area (Å²) in [5.41, 5.74) is 2.27. The van der Waals surface area contributed by atoms with E-state index in [0.717, 1.165) is 16.9 Å². The maximum Gasteiger partial charge on any atom is 0.261 e. The lowest BCUT2D eigenvalue weighted by molar-refractivity contribution is -0.128. The minimum atomic E-state index is -0.506. The van der Waals surface area contributed by atoms with Crippen LogP contribution in [0.4, 0.5) is 0 Å². The maximum atomic E-state index is 12.4. The van der Waals surface area contributed by atoms with Gasteiger partial charge in [-0.05, 0) is 48.1 Å². The van der Waals surface area contributed by atoms with Crippen molar-refractivity contribution in [1.29, 1.82) is 0 Å². The van der Waals surface area contributed by atoms with Gasteiger partial charge in [0, 0.05) is 0 Å². The molecule has 0 unspecified atom stereocenters. The van der Waals surface area contributed by atoms with Crippen molar-refractivity contribution in [2.75, 3.05) is 13.2 Å². The summed E-state index contributed by atoms with van der Waals surface area (Å²) in [7, 11) is 0. The molecule has 0 spiro atoms. The number of carbonyl (C=O) groups excluding carboxylic acids is 1. The molecule has 0 aliphatic heterocycles. The largest absolute Gasteiger partial charge is 0.491 e. The summed E-state index contributed by atoms with van der Waals surface area (Å²) in [5.74, 6) is 1.46. The number of benzene rings is 2. The summed E-state index contributed by atoms with van der Waals surface area (Å²) in [4.78, 5) is 12.4. The number of hydrogen-bond acceptors (Lipinski definition) is 3. The molecule has 146 valence electrons. The van der Waals surface area contributed by atoms with Crippen LogP contribution in [-0.2, 0) is 10.2 Å². The van der Waals surface area contributed by atoms with Crippen LogP contribution >= 0.6 is 0 Å². The Labute approximate surface area is 162 Å². The van der Waals surface area contributed by atoms with Gasteiger partial charge in [0.25, 0.3) is 5.91 Å². The molecule has 4 nitrogen and oxygen atoms in total. The van der Waals surface area contributed by atoms with Gasteiger partial charge in [0.15, 0.2) is 6.10 Å². The van der Waals surface area contributed by atoms with Crippen LogP contribution < -0.4 is 14.8 Å². The molecule has 0 heterocycles. The van der Waals surface area contributed by atoms with Crippen molar-refractivity contribution in [3.8, 4) is 11.5 Å². The van der Waals surface area contributed by atoms with Crippen LogP contribution in [-0.4, -0.2) is 25.2 Å². The normalized spacial score (nSPS) is 12.3. The fraction of sp³-hybridized carbons (Fsp3) is 0.435. The first-order valence-electron chi connectivity index (χ1n) is 9.54. The van der Waals surface area contributed by atoms with Gasteiger partial charge in [-0.1, -0.05) is 58.0 Å². The predicted molar refractivity (Wildman–Crippen MR) is 110 cm³/mol. The number of carbonyl (C=O) groups is 1. The van der Waals surface area contributed by atoms with E-state index in [9.17, 15) is 4.79 Å². The van der Waals surface area contributed by atoms with Gasteiger partial charge in [0.1, 0.15) is 18.1 Å². The summed E-state index contributed by atoms with van der Waals surface area (Å²) < 4.78 is 11.7. The van der Waals surface area contributed by atoms with Gasteiger partial charge in [0.2, 0.25) is 0 Å². The minimum Gasteiger partial charge on any atom is -0.491 e. The molecule has 4 heteroatoms. The number of ether oxygens (including phenoxy) is 2. The second-order valence-corrected chi connectivity index (χ2v) is 7.72. The second-order valence-electron chi connectivity index (χ2n) is 7.72. The smallest absolute Gasteiger partial charge is 0.261 e. The van der Waals surface area contributed by atoms with Crippen molar-refractivity contribution in [2.45, 2.75) is 52.6 Å². The Hall–Kier alpha value is -2.49. The summed E-state index contributed by atoms with van der Waals surface area (Å²) in [6.07, 6.45) is 0.0988. The van der Waals surface area contributed by atoms with E-state index in [1.807, 2.05) is 56.3 Å². The van der Waals surface area contributed by atoms with Gasteiger partial charge in [-0.3, -0.25) is 4.79 Å². The van der Waals surface area contributed by atoms with E-state index in [4.69, 9.17) is 9.47 Å². The zero-order valence-electron chi connectivity index (χ0n) is 17.0. The molecule has 0 aliphatic rings. The first-order chi connectivity index (χ1) is 12.8. The zero-order valence-corrected chi connectivity index (χ0v) is 17.0. The van der Waals surface area contributed by atoms with E-state index in [1.54, 1.807) is 0 Å². The SMILES string of the molecule is CC[C@H](Oc1cccc(C)c1)C(=O)NCCOc1ccccc1C(C)(C)C. The van der Waals surface area contributed by atoms with E-state index in [1.165, 1.54) is 0 Å². The lowest BCUT2D eigenvalue weighted by Crippen LogP contribution is -2.39. The standard InChI is InChI=1S/C23H31NO3/c1-6-20(27-18-11-9-10-17(2)16-18)22(25)24-14-15-26-21-13-8-7-12-19(21)23(3,4)5/h7-13,16,20H,6,14-15H2,1-5H3,(H,24,25)/t20-/m0/s1. The van der Waals surface area contributed by atoms with Crippen molar-refractivity contribution in [3.05, 3.63) is 59.7 Å². The van der Waals surface area contributed by atoms with Crippen LogP contribution in [0.2, 0.25) is 0 Å². The molecule has 1 N–H and O–H groups in total. The topological polar surface area (TPSA) is 47.6 Å². The lowest BCUT2D eigenvalue weighted by Gasteiger charge is -2.23. The van der Waals surface area contributed by atoms with Crippen LogP contribution in [0.5, 0.6) is 11.5 Å². The molecule has 2 rings (SSSR count). The van der Waals surface area contributed by atoms with Gasteiger partial charge in [-0.15, -0.1) is 0 Å². The molecule has 0 bridgehead atoms. The summed E-state index contributed by atoms with van der Waals surface area (Å²) in [6, 6.07) is 15.8. The highest BCUT2D eigenvalue weighted by Gasteiger charge is 2.19. The van der Waals surface area contributed by atoms with Crippen molar-refractivity contribution in [3.63, 3.8) is 0 Å². The molecule has 0 aromatic heterocycles. The van der Waals surface area contributed by atoms with E-state index >= 15 is 0 Å². The number of amides is 1. The first kappa shape index (κ1) is 20.8. The quantitative estimate of drug-likeness (QED) is 0.689. The Morgan fingerprint density at radius 3 is 2.52 bits per heavy atom. The van der Waals surface area contributed by atoms with Crippen LogP contribution in [0, 0.1) is 6.92 Å². The fourth-order valence-electron chi connectivity index (χ4n) is 2.84. The second kappa shape index (κ2) is 9.45. The summed E-state index contributed by atoms with van der Waals surface area (Å²) in [6.45, 7) is 11.3. The number of nitrogens with one attached hydrogen (secondary N) is 1. The predicted octanol–water partition coefficient (Wildman–Crippen LogP) is 4.65. The van der Waals surface area contributed by atoms with Crippen LogP contribution in [0.15, 0.2) is 48.5 Å². The van der Waals surface area contributed by atoms with E-state index < -0.39 is 6.10 Å². The average molecular weight is 370 g/mol. The number of hydrogen-bond donors (Lipinski definition) is 1. The highest BCUT2D eigenvalue weighted by molar-refractivity contribution is 5.81. The van der Waals surface area contributed by atoms with Crippen molar-refractivity contribution >= 4 is 5.91 Å². The van der Waals surface area contributed by atoms with Crippen molar-refractivity contribution in [2.24, 2.45) is 0 Å². The van der Waals surface area contributed by atoms with Crippen molar-refractivity contribution in [1.82, 2.24) is 5.32 Å². The highest BCUT2D eigenvalue weighted by Crippen LogP contribution is 2.30. The summed E-state index contributed by atoms with van der Waals surface area (Å²) in [5, 5.41) is 2.91. The Bertz CT molecular complexity index is 749. The Morgan fingerprint density at radius 2 is 1.85 bits per heavy atom. The molecule has 0 radical (unpaired) electrons. The molecular weight excluding hydrogens is 338 g/mol. The Balaban J connectivity index is 1.85. The average Bonchev–Trinajstić information content (AvgIpc) is 2.62. The van der Waals surface area contributed by atoms with Crippen LogP contribution in [0.3, 0.4) is 0 Å². The molecule has 0 fully saturated rings. The Kier molecular flexibility index (Phi) is 7.28. The molecule has 2 aromatic carbocycles. The number of para-hydroxylation sites is 1. The third kappa shape index (κ3) is 6.31. The third-order valence-electron chi connectivity index (χ3n) is 4.29. The summed E-state index contributed by atoms with van der Waals surface area (Å²) >= 11 is 0. The van der Waals surface area contributed by atoms with E-state index in [-0.39, 0.29) is 11.3 Å². The number of aryl methyl sites for hydroxylation is 1. The first-order valence-corrected chi connectivity index (χ1v) is 9.54. The molecule has 0 saturated heterocycles. The minimum absolute atomic E-state index is 0.00873. The molecule has 27 heavy (non-hydrogen) atoms. The van der Waals surface area contributed by atoms with Gasteiger partial charge in [0.05, 0.1) is 6.54 Å². The van der Waals surface area contributed by atoms with Gasteiger partial charge in [-0.2, -0.15) is 0 Å². The monoisotopic (exact) mass is 369 g/mol. The highest BCUT2D eigenvalue weighted by atomic mass is 16.5. The molecule has 0 aliphatic carbocycles. The van der Waals surface area contributed by atoms with Gasteiger partial charge >= 0.3 is 0 Å². The van der Waals surface area contributed by atoms with E-state index in [2.05, 4.69) is 32.2 Å². The Morgan fingerprint density at radius 1 is 1.11 bits per heavy atom. The molecule has 0 saturated carbocycles. The molecule has 2 aromatic rings. The molecule has 1 amide bonds. The number of rotatable bonds is 8.